The molecule has 100 valence electrons. The van der Waals surface area contributed by atoms with Gasteiger partial charge in [-0.1, -0.05) is 36.7 Å². The van der Waals surface area contributed by atoms with Crippen LogP contribution in [0.4, 0.5) is 4.39 Å². The van der Waals surface area contributed by atoms with Crippen LogP contribution in [0.2, 0.25) is 5.02 Å². The van der Waals surface area contributed by atoms with Crippen LogP contribution in [0.5, 0.6) is 0 Å². The molecule has 0 fully saturated rings. The van der Waals surface area contributed by atoms with Crippen molar-refractivity contribution in [3.63, 3.8) is 0 Å². The van der Waals surface area contributed by atoms with Gasteiger partial charge >= 0.3 is 0 Å². The van der Waals surface area contributed by atoms with E-state index in [1.807, 2.05) is 13.0 Å². The van der Waals surface area contributed by atoms with Crippen molar-refractivity contribution in [2.45, 2.75) is 20.4 Å². The van der Waals surface area contributed by atoms with Gasteiger partial charge in [0.2, 0.25) is 0 Å². The molecule has 0 radical (unpaired) electrons. The first-order chi connectivity index (χ1) is 9.11. The van der Waals surface area contributed by atoms with Gasteiger partial charge in [-0.05, 0) is 48.4 Å². The Labute approximate surface area is 118 Å². The Kier molecular flexibility index (Phi) is 4.56. The molecule has 0 amide bonds. The summed E-state index contributed by atoms with van der Waals surface area (Å²) in [5.41, 5.74) is 4.30. The van der Waals surface area contributed by atoms with Crippen molar-refractivity contribution >= 4 is 11.6 Å². The predicted octanol–water partition coefficient (Wildman–Crippen LogP) is 4.56. The van der Waals surface area contributed by atoms with Crippen LogP contribution < -0.4 is 5.32 Å². The predicted molar refractivity (Wildman–Crippen MR) is 79.0 cm³/mol. The molecule has 3 heteroatoms. The number of rotatable bonds is 4. The van der Waals surface area contributed by atoms with Crippen molar-refractivity contribution in [1.29, 1.82) is 0 Å². The van der Waals surface area contributed by atoms with Crippen LogP contribution in [0.3, 0.4) is 0 Å². The molecule has 0 heterocycles. The van der Waals surface area contributed by atoms with Crippen LogP contribution in [0, 0.1) is 12.7 Å². The molecule has 0 unspecified atom stereocenters. The van der Waals surface area contributed by atoms with E-state index in [1.165, 1.54) is 17.7 Å². The lowest BCUT2D eigenvalue weighted by Gasteiger charge is -2.11. The third-order valence-corrected chi connectivity index (χ3v) is 3.40. The second-order valence-corrected chi connectivity index (χ2v) is 4.96. The second kappa shape index (κ2) is 6.18. The van der Waals surface area contributed by atoms with Crippen LogP contribution in [0.15, 0.2) is 36.4 Å². The lowest BCUT2D eigenvalue weighted by atomic mass is 9.98. The Bertz CT molecular complexity index is 581. The van der Waals surface area contributed by atoms with E-state index in [9.17, 15) is 4.39 Å². The number of nitrogens with one attached hydrogen (secondary N) is 1. The van der Waals surface area contributed by atoms with E-state index in [0.717, 1.165) is 29.8 Å². The van der Waals surface area contributed by atoms with Crippen molar-refractivity contribution in [3.05, 3.63) is 58.4 Å². The summed E-state index contributed by atoms with van der Waals surface area (Å²) < 4.78 is 13.1. The van der Waals surface area contributed by atoms with E-state index in [4.69, 9.17) is 11.6 Å². The molecule has 0 aliphatic carbocycles. The molecule has 0 saturated heterocycles. The average molecular weight is 278 g/mol. The molecular weight excluding hydrogens is 261 g/mol. The van der Waals surface area contributed by atoms with E-state index in [1.54, 1.807) is 6.07 Å². The molecule has 1 nitrogen and oxygen atoms in total. The summed E-state index contributed by atoms with van der Waals surface area (Å²) in [4.78, 5) is 0. The van der Waals surface area contributed by atoms with Gasteiger partial charge in [0.15, 0.2) is 0 Å². The second-order valence-electron chi connectivity index (χ2n) is 4.55. The summed E-state index contributed by atoms with van der Waals surface area (Å²) in [5, 5.41) is 3.74. The molecule has 2 rings (SSSR count). The number of hydrogen-bond acceptors (Lipinski definition) is 1. The van der Waals surface area contributed by atoms with Gasteiger partial charge in [-0.3, -0.25) is 0 Å². The molecule has 19 heavy (non-hydrogen) atoms. The first-order valence-electron chi connectivity index (χ1n) is 6.37. The summed E-state index contributed by atoms with van der Waals surface area (Å²) in [6.45, 7) is 5.93. The van der Waals surface area contributed by atoms with Gasteiger partial charge in [-0.2, -0.15) is 0 Å². The highest BCUT2D eigenvalue weighted by atomic mass is 35.5. The number of aryl methyl sites for hydroxylation is 1. The fraction of sp³-hybridized carbons (Fsp3) is 0.250. The van der Waals surface area contributed by atoms with E-state index in [2.05, 4.69) is 24.4 Å². The molecule has 2 aromatic rings. The van der Waals surface area contributed by atoms with Crippen molar-refractivity contribution in [2.75, 3.05) is 6.54 Å². The van der Waals surface area contributed by atoms with Crippen LogP contribution in [0.25, 0.3) is 11.1 Å². The van der Waals surface area contributed by atoms with Gasteiger partial charge in [-0.15, -0.1) is 0 Å². The molecule has 0 atom stereocenters. The van der Waals surface area contributed by atoms with Gasteiger partial charge in [0.05, 0.1) is 5.02 Å². The summed E-state index contributed by atoms with van der Waals surface area (Å²) in [5.74, 6) is -0.310. The number of halogens is 2. The molecule has 0 aliphatic heterocycles. The van der Waals surface area contributed by atoms with Crippen molar-refractivity contribution in [3.8, 4) is 11.1 Å². The zero-order valence-electron chi connectivity index (χ0n) is 11.1. The third-order valence-electron chi connectivity index (χ3n) is 3.09. The SMILES string of the molecule is CCNCc1ccc(-c2ccc(F)cc2Cl)c(C)c1. The molecule has 0 bridgehead atoms. The molecule has 1 N–H and O–H groups in total. The molecular formula is C16H17ClFN. The highest BCUT2D eigenvalue weighted by Gasteiger charge is 2.08. The zero-order valence-corrected chi connectivity index (χ0v) is 11.9. The van der Waals surface area contributed by atoms with E-state index in [-0.39, 0.29) is 5.82 Å². The molecule has 0 saturated carbocycles. The number of hydrogen-bond donors (Lipinski definition) is 1. The Morgan fingerprint density at radius 1 is 1.11 bits per heavy atom. The highest BCUT2D eigenvalue weighted by molar-refractivity contribution is 6.33. The topological polar surface area (TPSA) is 12.0 Å². The van der Waals surface area contributed by atoms with Gasteiger partial charge < -0.3 is 5.32 Å². The van der Waals surface area contributed by atoms with E-state index >= 15 is 0 Å². The first-order valence-corrected chi connectivity index (χ1v) is 6.75. The minimum absolute atomic E-state index is 0.310. The molecule has 0 aliphatic rings. The lowest BCUT2D eigenvalue weighted by Crippen LogP contribution is -2.11. The van der Waals surface area contributed by atoms with Gasteiger partial charge in [-0.25, -0.2) is 4.39 Å². The van der Waals surface area contributed by atoms with Crippen LogP contribution >= 0.6 is 11.6 Å². The normalized spacial score (nSPS) is 10.7. The quantitative estimate of drug-likeness (QED) is 0.864. The summed E-state index contributed by atoms with van der Waals surface area (Å²) >= 11 is 6.11. The lowest BCUT2D eigenvalue weighted by molar-refractivity contribution is 0.628. The standard InChI is InChI=1S/C16H17ClFN/c1-3-19-10-12-4-6-14(11(2)8-12)15-7-5-13(18)9-16(15)17/h4-9,19H,3,10H2,1-2H3. The fourth-order valence-electron chi connectivity index (χ4n) is 2.12. The Balaban J connectivity index is 2.35. The zero-order chi connectivity index (χ0) is 13.8. The third kappa shape index (κ3) is 3.34. The number of benzene rings is 2. The summed E-state index contributed by atoms with van der Waals surface area (Å²) in [6, 6.07) is 10.8. The maximum absolute atomic E-state index is 13.1. The Hall–Kier alpha value is -1.38. The maximum Gasteiger partial charge on any atom is 0.124 e. The van der Waals surface area contributed by atoms with Crippen LogP contribution in [-0.2, 0) is 6.54 Å². The molecule has 0 aromatic heterocycles. The van der Waals surface area contributed by atoms with Gasteiger partial charge in [0, 0.05) is 12.1 Å². The summed E-state index contributed by atoms with van der Waals surface area (Å²) in [7, 11) is 0. The monoisotopic (exact) mass is 277 g/mol. The van der Waals surface area contributed by atoms with E-state index in [0.29, 0.717) is 5.02 Å². The minimum atomic E-state index is -0.310. The smallest absolute Gasteiger partial charge is 0.124 e. The van der Waals surface area contributed by atoms with Crippen molar-refractivity contribution < 1.29 is 4.39 Å². The maximum atomic E-state index is 13.1. The highest BCUT2D eigenvalue weighted by Crippen LogP contribution is 2.31. The first kappa shape index (κ1) is 14.0. The van der Waals surface area contributed by atoms with Gasteiger partial charge in [0.25, 0.3) is 0 Å². The minimum Gasteiger partial charge on any atom is -0.313 e. The van der Waals surface area contributed by atoms with Crippen LogP contribution in [-0.4, -0.2) is 6.54 Å². The fourth-order valence-corrected chi connectivity index (χ4v) is 2.38. The average Bonchev–Trinajstić information content (AvgIpc) is 2.37. The van der Waals surface area contributed by atoms with E-state index < -0.39 is 0 Å². The Morgan fingerprint density at radius 3 is 2.47 bits per heavy atom. The van der Waals surface area contributed by atoms with Gasteiger partial charge in [0.1, 0.15) is 5.82 Å². The van der Waals surface area contributed by atoms with Crippen LogP contribution in [0.1, 0.15) is 18.1 Å². The largest absolute Gasteiger partial charge is 0.313 e. The molecule has 2 aromatic carbocycles. The Morgan fingerprint density at radius 2 is 1.84 bits per heavy atom. The summed E-state index contributed by atoms with van der Waals surface area (Å²) in [6.07, 6.45) is 0. The molecule has 0 spiro atoms. The van der Waals surface area contributed by atoms with Crippen molar-refractivity contribution in [1.82, 2.24) is 5.32 Å². The van der Waals surface area contributed by atoms with Crippen molar-refractivity contribution in [2.24, 2.45) is 0 Å².